The van der Waals surface area contributed by atoms with E-state index in [1.54, 1.807) is 0 Å². The molecule has 116 valence electrons. The summed E-state index contributed by atoms with van der Waals surface area (Å²) in [5.74, 6) is 0. The third kappa shape index (κ3) is 3.71. The number of hydrogen-bond acceptors (Lipinski definition) is 2. The first-order valence-electron chi connectivity index (χ1n) is 7.60. The average Bonchev–Trinajstić information content (AvgIpc) is 2.64. The van der Waals surface area contributed by atoms with Crippen LogP contribution in [0.5, 0.6) is 0 Å². The fourth-order valence-corrected chi connectivity index (χ4v) is 7.53. The molecule has 2 aromatic carbocycles. The Labute approximate surface area is 145 Å². The molecule has 0 aliphatic heterocycles. The Morgan fingerprint density at radius 3 is 1.83 bits per heavy atom. The first kappa shape index (κ1) is 16.4. The predicted octanol–water partition coefficient (Wildman–Crippen LogP) is 3.40. The van der Waals surface area contributed by atoms with E-state index >= 15 is 0 Å². The van der Waals surface area contributed by atoms with E-state index < -0.39 is 5.66 Å². The molecule has 23 heavy (non-hydrogen) atoms. The van der Waals surface area contributed by atoms with E-state index in [0.29, 0.717) is 0 Å². The van der Waals surface area contributed by atoms with Crippen LogP contribution in [-0.4, -0.2) is 20.1 Å². The minimum atomic E-state index is -1.81. The molecule has 3 rings (SSSR count). The second kappa shape index (κ2) is 7.38. The summed E-state index contributed by atoms with van der Waals surface area (Å²) >= 11 is 3.50. The van der Waals surface area contributed by atoms with Crippen LogP contribution in [0.4, 0.5) is 0 Å². The summed E-state index contributed by atoms with van der Waals surface area (Å²) in [4.78, 5) is 4.49. The third-order valence-corrected chi connectivity index (χ3v) is 9.87. The molecule has 1 N–H and O–H groups in total. The van der Waals surface area contributed by atoms with Crippen LogP contribution in [0.25, 0.3) is 0 Å². The Morgan fingerprint density at radius 2 is 1.35 bits per heavy atom. The van der Waals surface area contributed by atoms with Crippen molar-refractivity contribution in [1.29, 1.82) is 0 Å². The molecule has 1 unspecified atom stereocenters. The Bertz CT molecular complexity index is 748. The van der Waals surface area contributed by atoms with Crippen molar-refractivity contribution in [3.8, 4) is 0 Å². The molecule has 0 spiro atoms. The van der Waals surface area contributed by atoms with Crippen molar-refractivity contribution < 1.29 is 0 Å². The topological polar surface area (TPSA) is 24.9 Å². The van der Waals surface area contributed by atoms with Crippen molar-refractivity contribution in [2.45, 2.75) is 13.0 Å². The third-order valence-electron chi connectivity index (χ3n) is 3.75. The second-order valence-corrected chi connectivity index (χ2v) is 11.3. The van der Waals surface area contributed by atoms with Gasteiger partial charge in [0.1, 0.15) is 0 Å². The predicted molar refractivity (Wildman–Crippen MR) is 101 cm³/mol. The fraction of sp³-hybridized carbons (Fsp3) is 0.105. The van der Waals surface area contributed by atoms with Crippen molar-refractivity contribution >= 4 is 31.4 Å². The van der Waals surface area contributed by atoms with Crippen molar-refractivity contribution in [1.82, 2.24) is 10.1 Å². The van der Waals surface area contributed by atoms with Gasteiger partial charge in [-0.15, -0.1) is 0 Å². The van der Waals surface area contributed by atoms with Gasteiger partial charge in [-0.2, -0.15) is 0 Å². The molecule has 0 bridgehead atoms. The monoisotopic (exact) mass is 386 g/mol. The second-order valence-electron chi connectivity index (χ2n) is 5.39. The van der Waals surface area contributed by atoms with E-state index in [1.807, 2.05) is 18.3 Å². The average molecular weight is 385 g/mol. The van der Waals surface area contributed by atoms with Gasteiger partial charge in [-0.3, -0.25) is 0 Å². The number of nitrogens with zero attached hydrogens (tertiary/aromatic N) is 1. The molecule has 0 fully saturated rings. The molecule has 0 aliphatic rings. The van der Waals surface area contributed by atoms with Crippen LogP contribution in [0.1, 0.15) is 18.7 Å². The number of pyridine rings is 1. The standard InChI is InChI=1S/C19H19N2PSe/c1-16(19-14-8-9-15-20-19)21-22(23,17-10-4-2-5-11-17)18-12-6-3-7-13-18/h2-16H,1H3,(H,21,23). The summed E-state index contributed by atoms with van der Waals surface area (Å²) in [5, 5.41) is 6.44. The zero-order valence-electron chi connectivity index (χ0n) is 13.0. The first-order valence-corrected chi connectivity index (χ1v) is 11.6. The van der Waals surface area contributed by atoms with Crippen LogP contribution in [0, 0.1) is 0 Å². The maximum atomic E-state index is 4.49. The van der Waals surface area contributed by atoms with E-state index in [-0.39, 0.29) is 6.04 Å². The SMILES string of the molecule is CC(NP(=[Se])(c1ccccc1)c1ccccc1)c1ccccn1. The number of rotatable bonds is 5. The van der Waals surface area contributed by atoms with E-state index in [0.717, 1.165) is 5.69 Å². The van der Waals surface area contributed by atoms with Gasteiger partial charge in [0.15, 0.2) is 0 Å². The molecule has 3 aromatic rings. The summed E-state index contributed by atoms with van der Waals surface area (Å²) in [6.45, 7) is 2.17. The summed E-state index contributed by atoms with van der Waals surface area (Å²) in [6.07, 6.45) is 1.85. The molecule has 0 saturated carbocycles. The van der Waals surface area contributed by atoms with E-state index in [1.165, 1.54) is 10.6 Å². The van der Waals surface area contributed by atoms with Gasteiger partial charge in [0, 0.05) is 0 Å². The normalized spacial score (nSPS) is 12.7. The van der Waals surface area contributed by atoms with Gasteiger partial charge in [-0.1, -0.05) is 0 Å². The first-order chi connectivity index (χ1) is 11.2. The fourth-order valence-electron chi connectivity index (χ4n) is 2.54. The molecular weight excluding hydrogens is 366 g/mol. The van der Waals surface area contributed by atoms with Gasteiger partial charge in [-0.25, -0.2) is 0 Å². The zero-order chi connectivity index (χ0) is 16.1. The van der Waals surface area contributed by atoms with Gasteiger partial charge in [-0.05, 0) is 0 Å². The Morgan fingerprint density at radius 1 is 0.826 bits per heavy atom. The Hall–Kier alpha value is -1.50. The molecule has 1 heterocycles. The van der Waals surface area contributed by atoms with Crippen molar-refractivity contribution in [2.75, 3.05) is 0 Å². The van der Waals surface area contributed by atoms with E-state index in [9.17, 15) is 0 Å². The van der Waals surface area contributed by atoms with Gasteiger partial charge in [0.2, 0.25) is 0 Å². The van der Waals surface area contributed by atoms with Crippen LogP contribution in [0.2, 0.25) is 0 Å². The number of aromatic nitrogens is 1. The molecule has 0 radical (unpaired) electrons. The van der Waals surface area contributed by atoms with E-state index in [2.05, 4.69) is 98.8 Å². The Kier molecular flexibility index (Phi) is 5.25. The number of benzene rings is 2. The summed E-state index contributed by atoms with van der Waals surface area (Å²) in [6, 6.07) is 27.5. The molecule has 1 atom stereocenters. The maximum absolute atomic E-state index is 4.49. The van der Waals surface area contributed by atoms with Gasteiger partial charge >= 0.3 is 145 Å². The quantitative estimate of drug-likeness (QED) is 0.538. The summed E-state index contributed by atoms with van der Waals surface area (Å²) < 4.78 is 0. The van der Waals surface area contributed by atoms with Gasteiger partial charge in [0.25, 0.3) is 0 Å². The van der Waals surface area contributed by atoms with Crippen LogP contribution in [0.15, 0.2) is 85.1 Å². The molecule has 4 heteroatoms. The van der Waals surface area contributed by atoms with Crippen molar-refractivity contribution in [2.24, 2.45) is 0 Å². The van der Waals surface area contributed by atoms with E-state index in [4.69, 9.17) is 0 Å². The summed E-state index contributed by atoms with van der Waals surface area (Å²) in [5.41, 5.74) is -0.756. The van der Waals surface area contributed by atoms with Gasteiger partial charge in [0.05, 0.1) is 0 Å². The van der Waals surface area contributed by atoms with Crippen molar-refractivity contribution in [3.05, 3.63) is 90.8 Å². The summed E-state index contributed by atoms with van der Waals surface area (Å²) in [7, 11) is 0. The number of hydrogen-bond donors (Lipinski definition) is 1. The van der Waals surface area contributed by atoms with Crippen LogP contribution >= 0.6 is 5.66 Å². The van der Waals surface area contributed by atoms with Crippen LogP contribution < -0.4 is 15.7 Å². The van der Waals surface area contributed by atoms with Crippen molar-refractivity contribution in [3.63, 3.8) is 0 Å². The molecule has 2 nitrogen and oxygen atoms in total. The molecular formula is C19H19N2PSe. The molecule has 1 aromatic heterocycles. The van der Waals surface area contributed by atoms with Crippen LogP contribution in [0.3, 0.4) is 0 Å². The molecule has 0 amide bonds. The zero-order valence-corrected chi connectivity index (χ0v) is 15.6. The molecule has 0 aliphatic carbocycles. The number of nitrogens with one attached hydrogen (secondary N) is 1. The molecule has 0 saturated heterocycles. The Balaban J connectivity index is 2.02. The minimum absolute atomic E-state index is 0.159. The van der Waals surface area contributed by atoms with Gasteiger partial charge < -0.3 is 0 Å². The van der Waals surface area contributed by atoms with Crippen LogP contribution in [-0.2, 0) is 0 Å².